The molecule has 2 saturated carbocycles. The van der Waals surface area contributed by atoms with E-state index in [1.165, 1.54) is 13.8 Å². The quantitative estimate of drug-likeness (QED) is 0.611. The van der Waals surface area contributed by atoms with Crippen molar-refractivity contribution in [1.29, 1.82) is 0 Å². The van der Waals surface area contributed by atoms with Gasteiger partial charge in [0.15, 0.2) is 23.3 Å². The number of esters is 2. The zero-order valence-electron chi connectivity index (χ0n) is 19.9. The van der Waals surface area contributed by atoms with Gasteiger partial charge in [-0.25, -0.2) is 0 Å². The molecule has 0 aromatic heterocycles. The van der Waals surface area contributed by atoms with E-state index in [9.17, 15) is 19.2 Å². The third-order valence-corrected chi connectivity index (χ3v) is 9.16. The summed E-state index contributed by atoms with van der Waals surface area (Å²) in [6, 6.07) is 0. The first-order chi connectivity index (χ1) is 14.9. The molecule has 0 aromatic carbocycles. The van der Waals surface area contributed by atoms with E-state index in [0.29, 0.717) is 12.8 Å². The summed E-state index contributed by atoms with van der Waals surface area (Å²) < 4.78 is 11.2. The average Bonchev–Trinajstić information content (AvgIpc) is 2.97. The van der Waals surface area contributed by atoms with Gasteiger partial charge in [-0.05, 0) is 68.9 Å². The predicted octanol–water partition coefficient (Wildman–Crippen LogP) is 4.12. The van der Waals surface area contributed by atoms with Gasteiger partial charge in [0, 0.05) is 31.1 Å². The molecule has 0 saturated heterocycles. The Bertz CT molecular complexity index is 959. The number of carbonyl (C=O) groups is 4. The highest BCUT2D eigenvalue weighted by Crippen LogP contribution is 2.67. The van der Waals surface area contributed by atoms with Gasteiger partial charge in [-0.2, -0.15) is 0 Å². The van der Waals surface area contributed by atoms with Crippen molar-refractivity contribution in [3.63, 3.8) is 0 Å². The number of ketones is 2. The standard InChI is InChI=1S/C26H34O6/c1-14-11-18-19(24(5)13-23(31-16(3)28)22(30)12-21(14)24)7-9-25(6)20(18)8-10-26(25,15(2)27)32-17(4)29/h11-12,18-20,23H,7-10,13H2,1-6H3/t18-,19+,20+,23?,24-,25+,26+/m1/s1. The maximum atomic E-state index is 12.9. The van der Waals surface area contributed by atoms with Crippen LogP contribution in [0.15, 0.2) is 23.3 Å². The molecular formula is C26H34O6. The van der Waals surface area contributed by atoms with E-state index in [2.05, 4.69) is 19.9 Å². The molecule has 2 fully saturated rings. The number of Topliss-reactive ketones (excluding diaryl/α,β-unsaturated/α-hetero) is 1. The molecule has 32 heavy (non-hydrogen) atoms. The fourth-order valence-electron chi connectivity index (χ4n) is 7.82. The van der Waals surface area contributed by atoms with Crippen molar-refractivity contribution in [1.82, 2.24) is 0 Å². The molecule has 4 rings (SSSR count). The summed E-state index contributed by atoms with van der Waals surface area (Å²) in [4.78, 5) is 49.1. The third-order valence-electron chi connectivity index (χ3n) is 9.16. The number of ether oxygens (including phenoxy) is 2. The molecule has 0 aliphatic heterocycles. The van der Waals surface area contributed by atoms with Gasteiger partial charge >= 0.3 is 11.9 Å². The van der Waals surface area contributed by atoms with Crippen molar-refractivity contribution in [3.05, 3.63) is 23.3 Å². The molecule has 0 radical (unpaired) electrons. The highest BCUT2D eigenvalue weighted by molar-refractivity contribution is 5.97. The molecule has 0 N–H and O–H groups in total. The van der Waals surface area contributed by atoms with Crippen molar-refractivity contribution >= 4 is 23.5 Å². The molecule has 1 unspecified atom stereocenters. The minimum absolute atomic E-state index is 0.0716. The summed E-state index contributed by atoms with van der Waals surface area (Å²) in [5.41, 5.74) is 0.337. The molecule has 4 aliphatic rings. The smallest absolute Gasteiger partial charge is 0.303 e. The Balaban J connectivity index is 1.76. The van der Waals surface area contributed by atoms with Crippen LogP contribution in [0.25, 0.3) is 0 Å². The second-order valence-electron chi connectivity index (χ2n) is 10.8. The Morgan fingerprint density at radius 1 is 1.00 bits per heavy atom. The van der Waals surface area contributed by atoms with Gasteiger partial charge in [0.25, 0.3) is 0 Å². The van der Waals surface area contributed by atoms with Gasteiger partial charge < -0.3 is 9.47 Å². The summed E-state index contributed by atoms with van der Waals surface area (Å²) in [6.07, 6.45) is 6.68. The number of fused-ring (bicyclic) bond motifs is 5. The molecule has 6 heteroatoms. The summed E-state index contributed by atoms with van der Waals surface area (Å²) in [5, 5.41) is 0. The SMILES string of the molecule is CC(=O)OC1C[C@@]2(C)C(=CC1=O)C(C)=C[C@@H]1[C@@H]2CC[C@@]2(C)[C@H]1CC[C@]2(OC(C)=O)C(C)=O. The van der Waals surface area contributed by atoms with Gasteiger partial charge in [0.2, 0.25) is 0 Å². The zero-order valence-corrected chi connectivity index (χ0v) is 19.9. The van der Waals surface area contributed by atoms with E-state index < -0.39 is 29.1 Å². The number of allylic oxidation sites excluding steroid dienone is 3. The van der Waals surface area contributed by atoms with Crippen molar-refractivity contribution in [2.75, 3.05) is 0 Å². The summed E-state index contributed by atoms with van der Waals surface area (Å²) in [7, 11) is 0. The second kappa shape index (κ2) is 7.39. The van der Waals surface area contributed by atoms with Crippen LogP contribution in [0.3, 0.4) is 0 Å². The minimum Gasteiger partial charge on any atom is -0.454 e. The Labute approximate surface area is 189 Å². The topological polar surface area (TPSA) is 86.7 Å². The summed E-state index contributed by atoms with van der Waals surface area (Å²) in [5.74, 6) is -0.401. The first kappa shape index (κ1) is 22.9. The van der Waals surface area contributed by atoms with E-state index in [-0.39, 0.29) is 34.7 Å². The van der Waals surface area contributed by atoms with E-state index in [1.54, 1.807) is 13.0 Å². The minimum atomic E-state index is -1.07. The lowest BCUT2D eigenvalue weighted by Crippen LogP contribution is -2.58. The van der Waals surface area contributed by atoms with Gasteiger partial charge in [0.1, 0.15) is 0 Å². The van der Waals surface area contributed by atoms with Crippen LogP contribution in [0.1, 0.15) is 73.6 Å². The Morgan fingerprint density at radius 2 is 1.66 bits per heavy atom. The molecular weight excluding hydrogens is 408 g/mol. The lowest BCUT2D eigenvalue weighted by atomic mass is 9.47. The highest BCUT2D eigenvalue weighted by Gasteiger charge is 2.67. The number of carbonyl (C=O) groups excluding carboxylic acids is 4. The molecule has 0 heterocycles. The van der Waals surface area contributed by atoms with Crippen LogP contribution in [0.4, 0.5) is 0 Å². The lowest BCUT2D eigenvalue weighted by molar-refractivity contribution is -0.185. The zero-order chi connectivity index (χ0) is 23.6. The fraction of sp³-hybridized carbons (Fsp3) is 0.692. The average molecular weight is 443 g/mol. The monoisotopic (exact) mass is 442 g/mol. The van der Waals surface area contributed by atoms with E-state index >= 15 is 0 Å². The molecule has 7 atom stereocenters. The lowest BCUT2D eigenvalue weighted by Gasteiger charge is -2.58. The largest absolute Gasteiger partial charge is 0.454 e. The first-order valence-corrected chi connectivity index (χ1v) is 11.7. The molecule has 174 valence electrons. The van der Waals surface area contributed by atoms with Gasteiger partial charge in [0.05, 0.1) is 0 Å². The molecule has 0 bridgehead atoms. The van der Waals surface area contributed by atoms with Gasteiger partial charge in [-0.15, -0.1) is 0 Å². The highest BCUT2D eigenvalue weighted by atomic mass is 16.6. The van der Waals surface area contributed by atoms with Crippen LogP contribution >= 0.6 is 0 Å². The first-order valence-electron chi connectivity index (χ1n) is 11.7. The Hall–Kier alpha value is -2.24. The van der Waals surface area contributed by atoms with Crippen LogP contribution in [0, 0.1) is 28.6 Å². The van der Waals surface area contributed by atoms with Crippen molar-refractivity contribution in [3.8, 4) is 0 Å². The third kappa shape index (κ3) is 3.05. The Kier molecular flexibility index (Phi) is 5.30. The number of hydrogen-bond acceptors (Lipinski definition) is 6. The van der Waals surface area contributed by atoms with E-state index in [0.717, 1.165) is 30.4 Å². The van der Waals surface area contributed by atoms with Crippen LogP contribution < -0.4 is 0 Å². The summed E-state index contributed by atoms with van der Waals surface area (Å²) >= 11 is 0. The van der Waals surface area contributed by atoms with E-state index in [4.69, 9.17) is 9.47 Å². The maximum Gasteiger partial charge on any atom is 0.303 e. The van der Waals surface area contributed by atoms with Crippen LogP contribution in [-0.2, 0) is 28.7 Å². The molecule has 0 spiro atoms. The van der Waals surface area contributed by atoms with Crippen LogP contribution in [0.2, 0.25) is 0 Å². The van der Waals surface area contributed by atoms with E-state index in [1.807, 2.05) is 6.92 Å². The van der Waals surface area contributed by atoms with Crippen molar-refractivity contribution in [2.24, 2.45) is 28.6 Å². The van der Waals surface area contributed by atoms with Crippen molar-refractivity contribution < 1.29 is 28.7 Å². The molecule has 6 nitrogen and oxygen atoms in total. The molecule has 0 aromatic rings. The second-order valence-corrected chi connectivity index (χ2v) is 10.8. The van der Waals surface area contributed by atoms with Gasteiger partial charge in [-0.1, -0.05) is 25.5 Å². The maximum absolute atomic E-state index is 12.9. The van der Waals surface area contributed by atoms with Crippen molar-refractivity contribution in [2.45, 2.75) is 85.4 Å². The Morgan fingerprint density at radius 3 is 2.25 bits per heavy atom. The van der Waals surface area contributed by atoms with Crippen LogP contribution in [-0.4, -0.2) is 35.2 Å². The number of rotatable bonds is 3. The van der Waals surface area contributed by atoms with Gasteiger partial charge in [-0.3, -0.25) is 19.2 Å². The molecule has 4 aliphatic carbocycles. The predicted molar refractivity (Wildman–Crippen MR) is 117 cm³/mol. The fourth-order valence-corrected chi connectivity index (χ4v) is 7.82. The normalized spacial score (nSPS) is 42.6. The molecule has 0 amide bonds. The summed E-state index contributed by atoms with van der Waals surface area (Å²) in [6.45, 7) is 10.6. The van der Waals surface area contributed by atoms with Crippen LogP contribution in [0.5, 0.6) is 0 Å². The number of hydrogen-bond donors (Lipinski definition) is 0.